The van der Waals surface area contributed by atoms with Crippen LogP contribution in [0.15, 0.2) is 36.4 Å². The number of nitrogens with zero attached hydrogens (tertiary/aromatic N) is 2. The lowest BCUT2D eigenvalue weighted by atomic mass is 10.1. The number of hydrogen-bond donors (Lipinski definition) is 0. The number of benzene rings is 2. The summed E-state index contributed by atoms with van der Waals surface area (Å²) in [4.78, 5) is 4.73. The minimum Gasteiger partial charge on any atom is -0.485 e. The molecule has 2 aromatic carbocycles. The van der Waals surface area contributed by atoms with Crippen molar-refractivity contribution < 1.29 is 9.47 Å². The molecule has 0 N–H and O–H groups in total. The standard InChI is InChI=1S/C20H23ClN2O2/c1-14-5-8-19(15(2)11-14)25-13-20-22-17-7-6-16(21)12-18(17)23(20)9-4-10-24-3/h5-8,11-12H,4,9-10,13H2,1-3H3. The summed E-state index contributed by atoms with van der Waals surface area (Å²) < 4.78 is 13.4. The van der Waals surface area contributed by atoms with Crippen molar-refractivity contribution in [2.24, 2.45) is 0 Å². The Hall–Kier alpha value is -2.04. The highest BCUT2D eigenvalue weighted by molar-refractivity contribution is 6.31. The van der Waals surface area contributed by atoms with Crippen LogP contribution in [0.25, 0.3) is 11.0 Å². The van der Waals surface area contributed by atoms with E-state index in [-0.39, 0.29) is 0 Å². The summed E-state index contributed by atoms with van der Waals surface area (Å²) in [5, 5.41) is 0.710. The maximum absolute atomic E-state index is 6.17. The van der Waals surface area contributed by atoms with E-state index in [9.17, 15) is 0 Å². The van der Waals surface area contributed by atoms with E-state index in [1.807, 2.05) is 24.3 Å². The highest BCUT2D eigenvalue weighted by Gasteiger charge is 2.12. The van der Waals surface area contributed by atoms with Crippen molar-refractivity contribution >= 4 is 22.6 Å². The molecule has 3 aromatic rings. The molecule has 0 aliphatic heterocycles. The van der Waals surface area contributed by atoms with E-state index in [0.29, 0.717) is 18.2 Å². The van der Waals surface area contributed by atoms with Gasteiger partial charge in [0.25, 0.3) is 0 Å². The molecule has 4 nitrogen and oxygen atoms in total. The van der Waals surface area contributed by atoms with Gasteiger partial charge in [0.05, 0.1) is 11.0 Å². The topological polar surface area (TPSA) is 36.3 Å². The van der Waals surface area contributed by atoms with Crippen LogP contribution in [-0.4, -0.2) is 23.3 Å². The minimum absolute atomic E-state index is 0.420. The number of hydrogen-bond acceptors (Lipinski definition) is 3. The third kappa shape index (κ3) is 4.14. The van der Waals surface area contributed by atoms with E-state index in [4.69, 9.17) is 26.1 Å². The summed E-state index contributed by atoms with van der Waals surface area (Å²) in [5.74, 6) is 1.78. The fraction of sp³-hybridized carbons (Fsp3) is 0.350. The summed E-state index contributed by atoms with van der Waals surface area (Å²) in [6.07, 6.45) is 0.908. The van der Waals surface area contributed by atoms with Gasteiger partial charge in [-0.15, -0.1) is 0 Å². The van der Waals surface area contributed by atoms with E-state index in [0.717, 1.165) is 41.1 Å². The average Bonchev–Trinajstić information content (AvgIpc) is 2.91. The number of fused-ring (bicyclic) bond motifs is 1. The van der Waals surface area contributed by atoms with E-state index < -0.39 is 0 Å². The molecule has 0 unspecified atom stereocenters. The molecule has 0 atom stereocenters. The Bertz CT molecular complexity index is 874. The molecular formula is C20H23ClN2O2. The van der Waals surface area contributed by atoms with Crippen LogP contribution in [0.5, 0.6) is 5.75 Å². The molecule has 0 saturated carbocycles. The third-order valence-electron chi connectivity index (χ3n) is 4.21. The third-order valence-corrected chi connectivity index (χ3v) is 4.44. The van der Waals surface area contributed by atoms with Gasteiger partial charge in [0.2, 0.25) is 0 Å². The molecule has 25 heavy (non-hydrogen) atoms. The fourth-order valence-corrected chi connectivity index (χ4v) is 3.14. The van der Waals surface area contributed by atoms with E-state index in [1.54, 1.807) is 7.11 Å². The number of methoxy groups -OCH3 is 1. The smallest absolute Gasteiger partial charge is 0.148 e. The van der Waals surface area contributed by atoms with E-state index in [1.165, 1.54) is 5.56 Å². The average molecular weight is 359 g/mol. The van der Waals surface area contributed by atoms with Crippen LogP contribution >= 0.6 is 11.6 Å². The number of aromatic nitrogens is 2. The zero-order valence-corrected chi connectivity index (χ0v) is 15.6. The van der Waals surface area contributed by atoms with Gasteiger partial charge < -0.3 is 14.0 Å². The van der Waals surface area contributed by atoms with E-state index in [2.05, 4.69) is 30.5 Å². The Morgan fingerprint density at radius 3 is 2.72 bits per heavy atom. The van der Waals surface area contributed by atoms with Crippen molar-refractivity contribution in [1.29, 1.82) is 0 Å². The quantitative estimate of drug-likeness (QED) is 0.562. The highest BCUT2D eigenvalue weighted by Crippen LogP contribution is 2.24. The second-order valence-electron chi connectivity index (χ2n) is 6.22. The first-order valence-corrected chi connectivity index (χ1v) is 8.80. The molecule has 0 spiro atoms. The number of imidazole rings is 1. The summed E-state index contributed by atoms with van der Waals surface area (Å²) in [7, 11) is 1.72. The van der Waals surface area contributed by atoms with E-state index >= 15 is 0 Å². The van der Waals surface area contributed by atoms with Crippen LogP contribution < -0.4 is 4.74 Å². The van der Waals surface area contributed by atoms with Gasteiger partial charge in [0.1, 0.15) is 18.2 Å². The van der Waals surface area contributed by atoms with Gasteiger partial charge >= 0.3 is 0 Å². The Balaban J connectivity index is 1.87. The van der Waals surface area contributed by atoms with Crippen LogP contribution in [0.3, 0.4) is 0 Å². The largest absolute Gasteiger partial charge is 0.485 e. The van der Waals surface area contributed by atoms with Gasteiger partial charge in [-0.3, -0.25) is 0 Å². The monoisotopic (exact) mass is 358 g/mol. The van der Waals surface area contributed by atoms with Crippen LogP contribution in [-0.2, 0) is 17.9 Å². The van der Waals surface area contributed by atoms with Gasteiger partial charge in [-0.2, -0.15) is 0 Å². The molecule has 0 aliphatic rings. The maximum Gasteiger partial charge on any atom is 0.148 e. The predicted molar refractivity (Wildman–Crippen MR) is 101 cm³/mol. The summed E-state index contributed by atoms with van der Waals surface area (Å²) >= 11 is 6.17. The zero-order valence-electron chi connectivity index (χ0n) is 14.9. The molecule has 0 saturated heterocycles. The number of halogens is 1. The molecule has 3 rings (SSSR count). The number of rotatable bonds is 7. The van der Waals surface area contributed by atoms with Crippen molar-refractivity contribution in [2.75, 3.05) is 13.7 Å². The van der Waals surface area contributed by atoms with Crippen molar-refractivity contribution in [2.45, 2.75) is 33.4 Å². The van der Waals surface area contributed by atoms with Crippen molar-refractivity contribution in [3.8, 4) is 5.75 Å². The lowest BCUT2D eigenvalue weighted by Crippen LogP contribution is -2.09. The molecule has 1 aromatic heterocycles. The predicted octanol–water partition coefficient (Wildman–Crippen LogP) is 4.92. The van der Waals surface area contributed by atoms with Gasteiger partial charge in [-0.25, -0.2) is 4.98 Å². The lowest BCUT2D eigenvalue weighted by Gasteiger charge is -2.12. The first kappa shape index (κ1) is 17.8. The summed E-state index contributed by atoms with van der Waals surface area (Å²) in [5.41, 5.74) is 4.32. The zero-order chi connectivity index (χ0) is 17.8. The van der Waals surface area contributed by atoms with Crippen LogP contribution in [0, 0.1) is 13.8 Å². The first-order valence-electron chi connectivity index (χ1n) is 8.42. The van der Waals surface area contributed by atoms with Crippen LogP contribution in [0.4, 0.5) is 0 Å². The normalized spacial score (nSPS) is 11.2. The molecule has 0 aliphatic carbocycles. The first-order chi connectivity index (χ1) is 12.1. The molecule has 0 bridgehead atoms. The van der Waals surface area contributed by atoms with Gasteiger partial charge in [0.15, 0.2) is 0 Å². The number of ether oxygens (including phenoxy) is 2. The second-order valence-corrected chi connectivity index (χ2v) is 6.65. The SMILES string of the molecule is COCCCn1c(COc2ccc(C)cc2C)nc2ccc(Cl)cc21. The van der Waals surface area contributed by atoms with Crippen LogP contribution in [0.1, 0.15) is 23.4 Å². The van der Waals surface area contributed by atoms with Crippen LogP contribution in [0.2, 0.25) is 5.02 Å². The minimum atomic E-state index is 0.420. The molecule has 5 heteroatoms. The van der Waals surface area contributed by atoms with Crippen molar-refractivity contribution in [3.63, 3.8) is 0 Å². The Morgan fingerprint density at radius 1 is 1.12 bits per heavy atom. The lowest BCUT2D eigenvalue weighted by molar-refractivity contribution is 0.189. The molecule has 0 radical (unpaired) electrons. The highest BCUT2D eigenvalue weighted by atomic mass is 35.5. The molecule has 132 valence electrons. The van der Waals surface area contributed by atoms with Gasteiger partial charge in [0, 0.05) is 25.3 Å². The Labute approximate surface area is 153 Å². The van der Waals surface area contributed by atoms with Crippen molar-refractivity contribution in [1.82, 2.24) is 9.55 Å². The Kier molecular flexibility index (Phi) is 5.61. The second kappa shape index (κ2) is 7.89. The summed E-state index contributed by atoms with van der Waals surface area (Å²) in [6, 6.07) is 12.0. The van der Waals surface area contributed by atoms with Gasteiger partial charge in [-0.1, -0.05) is 29.3 Å². The Morgan fingerprint density at radius 2 is 1.96 bits per heavy atom. The summed E-state index contributed by atoms with van der Waals surface area (Å²) in [6.45, 7) is 6.08. The van der Waals surface area contributed by atoms with Crippen molar-refractivity contribution in [3.05, 3.63) is 58.4 Å². The molecule has 0 fully saturated rings. The van der Waals surface area contributed by atoms with Gasteiger partial charge in [-0.05, 0) is 50.1 Å². The fourth-order valence-electron chi connectivity index (χ4n) is 2.98. The maximum atomic E-state index is 6.17. The molecule has 0 amide bonds. The number of aryl methyl sites for hydroxylation is 3. The molecular weight excluding hydrogens is 336 g/mol. The molecule has 1 heterocycles.